The van der Waals surface area contributed by atoms with Crippen molar-refractivity contribution in [2.45, 2.75) is 106 Å². The van der Waals surface area contributed by atoms with Crippen molar-refractivity contribution in [3.8, 4) is 0 Å². The summed E-state index contributed by atoms with van der Waals surface area (Å²) in [5.74, 6) is 5.13. The molecule has 0 radical (unpaired) electrons. The smallest absolute Gasteiger partial charge is 0.145 e. The molecule has 3 fully saturated rings. The van der Waals surface area contributed by atoms with E-state index in [-0.39, 0.29) is 17.8 Å². The first-order valence-corrected chi connectivity index (χ1v) is 13.4. The number of hydrogen-bond acceptors (Lipinski definition) is 2. The highest BCUT2D eigenvalue weighted by Crippen LogP contribution is 2.68. The number of Topliss-reactive ketones (excluding diaryl/α,β-unsaturated/α-hetero) is 1. The van der Waals surface area contributed by atoms with Gasteiger partial charge in [0.2, 0.25) is 0 Å². The fourth-order valence-corrected chi connectivity index (χ4v) is 9.27. The number of carbonyl (C=O) groups is 1. The molecule has 0 amide bonds. The maximum Gasteiger partial charge on any atom is 0.145 e. The van der Waals surface area contributed by atoms with E-state index >= 15 is 0 Å². The number of fused-ring (bicyclic) bond motifs is 5. The average Bonchev–Trinajstić information content (AvgIpc) is 3.08. The molecule has 0 heterocycles. The summed E-state index contributed by atoms with van der Waals surface area (Å²) in [6.45, 7) is 14.3. The summed E-state index contributed by atoms with van der Waals surface area (Å²) in [6.07, 6.45) is 14.9. The maximum absolute atomic E-state index is 12.8. The highest BCUT2D eigenvalue weighted by molar-refractivity contribution is 5.89. The molecular weight excluding hydrogens is 380 g/mol. The number of aliphatic hydroxyl groups is 1. The van der Waals surface area contributed by atoms with Crippen LogP contribution in [0.2, 0.25) is 0 Å². The molecule has 0 aromatic heterocycles. The van der Waals surface area contributed by atoms with Crippen molar-refractivity contribution in [1.29, 1.82) is 0 Å². The Morgan fingerprint density at radius 1 is 1.03 bits per heavy atom. The molecule has 1 N–H and O–H groups in total. The summed E-state index contributed by atoms with van der Waals surface area (Å²) in [5, 5.41) is 10.2. The van der Waals surface area contributed by atoms with Crippen molar-refractivity contribution < 1.29 is 9.90 Å². The van der Waals surface area contributed by atoms with Crippen LogP contribution in [0.1, 0.15) is 106 Å². The molecule has 3 saturated carbocycles. The minimum Gasteiger partial charge on any atom is -0.395 e. The molecule has 0 aliphatic heterocycles. The summed E-state index contributed by atoms with van der Waals surface area (Å²) in [4.78, 5) is 12.8. The molecule has 0 aromatic rings. The van der Waals surface area contributed by atoms with Gasteiger partial charge in [-0.15, -0.1) is 0 Å². The Labute approximate surface area is 191 Å². The molecule has 8 atom stereocenters. The molecule has 0 saturated heterocycles. The Hall–Kier alpha value is -0.630. The summed E-state index contributed by atoms with van der Waals surface area (Å²) < 4.78 is 0. The molecule has 2 nitrogen and oxygen atoms in total. The van der Waals surface area contributed by atoms with Crippen LogP contribution in [0, 0.1) is 51.8 Å². The molecule has 0 bridgehead atoms. The van der Waals surface area contributed by atoms with Crippen LogP contribution in [-0.2, 0) is 4.79 Å². The highest BCUT2D eigenvalue weighted by Gasteiger charge is 2.61. The van der Waals surface area contributed by atoms with Gasteiger partial charge in [-0.1, -0.05) is 65.5 Å². The van der Waals surface area contributed by atoms with Crippen molar-refractivity contribution in [3.63, 3.8) is 0 Å². The molecule has 176 valence electrons. The molecular formula is C29H48O2. The molecule has 2 heteroatoms. The number of aliphatic hydroxyl groups excluding tert-OH is 1. The predicted octanol–water partition coefficient (Wildman–Crippen LogP) is 7.21. The highest BCUT2D eigenvalue weighted by atomic mass is 16.3. The molecule has 4 aliphatic carbocycles. The minimum absolute atomic E-state index is 0.0260. The number of allylic oxidation sites excluding steroid dienone is 1. The zero-order valence-electron chi connectivity index (χ0n) is 21.2. The monoisotopic (exact) mass is 428 g/mol. The van der Waals surface area contributed by atoms with Gasteiger partial charge in [0.25, 0.3) is 0 Å². The third kappa shape index (κ3) is 3.58. The lowest BCUT2D eigenvalue weighted by atomic mass is 9.44. The predicted molar refractivity (Wildman–Crippen MR) is 129 cm³/mol. The van der Waals surface area contributed by atoms with Gasteiger partial charge in [0, 0.05) is 6.42 Å². The van der Waals surface area contributed by atoms with Gasteiger partial charge in [-0.3, -0.25) is 4.79 Å². The zero-order valence-corrected chi connectivity index (χ0v) is 21.2. The van der Waals surface area contributed by atoms with E-state index in [0.717, 1.165) is 42.4 Å². The summed E-state index contributed by atoms with van der Waals surface area (Å²) in [6, 6.07) is 0. The second-order valence-electron chi connectivity index (χ2n) is 13.1. The van der Waals surface area contributed by atoms with Crippen LogP contribution in [0.25, 0.3) is 0 Å². The van der Waals surface area contributed by atoms with Crippen LogP contribution in [0.5, 0.6) is 0 Å². The Balaban J connectivity index is 1.56. The standard InChI is InChI=1S/C29H48O2/c1-19(2)8-7-9-20(3)22-11-12-23-21-10-13-25-28(5,24(21)14-16-27(22,23)4)17-15-26(31)29(25,6)18-30/h13,19-24,30H,7-12,14-18H2,1-6H3/t20-,21+,22-,23+,24+,27-,28-,29?/m1/s1. The molecule has 1 unspecified atom stereocenters. The molecule has 4 rings (SSSR count). The van der Waals surface area contributed by atoms with Crippen LogP contribution < -0.4 is 0 Å². The quantitative estimate of drug-likeness (QED) is 0.454. The van der Waals surface area contributed by atoms with Gasteiger partial charge in [0.15, 0.2) is 0 Å². The topological polar surface area (TPSA) is 37.3 Å². The second kappa shape index (κ2) is 8.30. The lowest BCUT2D eigenvalue weighted by Crippen LogP contribution is -2.55. The Morgan fingerprint density at radius 2 is 1.77 bits per heavy atom. The Morgan fingerprint density at radius 3 is 2.45 bits per heavy atom. The van der Waals surface area contributed by atoms with Gasteiger partial charge < -0.3 is 5.11 Å². The molecule has 0 spiro atoms. The van der Waals surface area contributed by atoms with Gasteiger partial charge in [-0.2, -0.15) is 0 Å². The fraction of sp³-hybridized carbons (Fsp3) is 0.897. The van der Waals surface area contributed by atoms with E-state index in [9.17, 15) is 9.90 Å². The fourth-order valence-electron chi connectivity index (χ4n) is 9.27. The van der Waals surface area contributed by atoms with E-state index in [1.54, 1.807) is 0 Å². The SMILES string of the molecule is CC(C)CCC[C@@H](C)[C@H]1CC[C@H]2[C@@H]3CC=C4C(C)(CO)C(=O)CC[C@]4(C)[C@H]3CC[C@]12C. The zero-order chi connectivity index (χ0) is 22.6. The van der Waals surface area contributed by atoms with E-state index in [1.165, 1.54) is 50.5 Å². The third-order valence-electron chi connectivity index (χ3n) is 11.1. The van der Waals surface area contributed by atoms with Gasteiger partial charge in [0.1, 0.15) is 5.78 Å². The minimum atomic E-state index is -0.637. The Bertz CT molecular complexity index is 722. The summed E-state index contributed by atoms with van der Waals surface area (Å²) >= 11 is 0. The number of hydrogen-bond donors (Lipinski definition) is 1. The average molecular weight is 429 g/mol. The summed E-state index contributed by atoms with van der Waals surface area (Å²) in [7, 11) is 0. The molecule has 0 aromatic carbocycles. The lowest BCUT2D eigenvalue weighted by Gasteiger charge is -2.60. The number of rotatable bonds is 6. The number of carbonyl (C=O) groups excluding carboxylic acids is 1. The van der Waals surface area contributed by atoms with Gasteiger partial charge in [-0.05, 0) is 91.8 Å². The van der Waals surface area contributed by atoms with E-state index in [0.29, 0.717) is 17.8 Å². The van der Waals surface area contributed by atoms with Crippen molar-refractivity contribution in [3.05, 3.63) is 11.6 Å². The largest absolute Gasteiger partial charge is 0.395 e. The van der Waals surface area contributed by atoms with Gasteiger partial charge >= 0.3 is 0 Å². The van der Waals surface area contributed by atoms with Crippen molar-refractivity contribution in [1.82, 2.24) is 0 Å². The van der Waals surface area contributed by atoms with E-state index in [2.05, 4.69) is 40.7 Å². The van der Waals surface area contributed by atoms with Crippen molar-refractivity contribution in [2.24, 2.45) is 51.8 Å². The Kier molecular flexibility index (Phi) is 6.30. The maximum atomic E-state index is 12.8. The lowest BCUT2D eigenvalue weighted by molar-refractivity contribution is -0.135. The van der Waals surface area contributed by atoms with Crippen molar-refractivity contribution in [2.75, 3.05) is 6.61 Å². The van der Waals surface area contributed by atoms with Crippen LogP contribution >= 0.6 is 0 Å². The van der Waals surface area contributed by atoms with E-state index < -0.39 is 5.41 Å². The van der Waals surface area contributed by atoms with Crippen LogP contribution in [0.4, 0.5) is 0 Å². The number of ketones is 1. The first-order valence-electron chi connectivity index (χ1n) is 13.4. The van der Waals surface area contributed by atoms with Crippen LogP contribution in [-0.4, -0.2) is 17.5 Å². The van der Waals surface area contributed by atoms with Gasteiger partial charge in [0.05, 0.1) is 12.0 Å². The first-order chi connectivity index (χ1) is 14.6. The van der Waals surface area contributed by atoms with E-state index in [1.807, 2.05) is 6.92 Å². The first kappa shape index (κ1) is 23.5. The van der Waals surface area contributed by atoms with Crippen LogP contribution in [0.3, 0.4) is 0 Å². The molecule has 31 heavy (non-hydrogen) atoms. The van der Waals surface area contributed by atoms with E-state index in [4.69, 9.17) is 0 Å². The second-order valence-corrected chi connectivity index (χ2v) is 13.1. The summed E-state index contributed by atoms with van der Waals surface area (Å²) in [5.41, 5.74) is 1.27. The normalized spacial score (nSPS) is 45.7. The third-order valence-corrected chi connectivity index (χ3v) is 11.1. The van der Waals surface area contributed by atoms with Crippen molar-refractivity contribution >= 4 is 5.78 Å². The van der Waals surface area contributed by atoms with Crippen LogP contribution in [0.15, 0.2) is 11.6 Å². The van der Waals surface area contributed by atoms with Gasteiger partial charge in [-0.25, -0.2) is 0 Å². The molecule has 4 aliphatic rings.